The third kappa shape index (κ3) is 2.73. The quantitative estimate of drug-likeness (QED) is 0.826. The lowest BCUT2D eigenvalue weighted by Gasteiger charge is -2.43. The van der Waals surface area contributed by atoms with Gasteiger partial charge in [-0.15, -0.1) is 0 Å². The van der Waals surface area contributed by atoms with E-state index >= 15 is 0 Å². The molecule has 0 radical (unpaired) electrons. The lowest BCUT2D eigenvalue weighted by molar-refractivity contribution is -0.222. The molecule has 0 N–H and O–H groups in total. The fourth-order valence-corrected chi connectivity index (χ4v) is 4.53. The maximum absolute atomic E-state index is 13.3. The van der Waals surface area contributed by atoms with Crippen molar-refractivity contribution < 1.29 is 19.2 Å². The van der Waals surface area contributed by atoms with Gasteiger partial charge in [-0.25, -0.2) is 5.06 Å². The Kier molecular flexibility index (Phi) is 5.10. The molecule has 2 heterocycles. The molecule has 1 fully saturated rings. The fourth-order valence-electron chi connectivity index (χ4n) is 4.53. The lowest BCUT2D eigenvalue weighted by Crippen LogP contribution is -2.54. The van der Waals surface area contributed by atoms with Gasteiger partial charge >= 0.3 is 0 Å². The van der Waals surface area contributed by atoms with Crippen LogP contribution in [-0.2, 0) is 19.2 Å². The van der Waals surface area contributed by atoms with Gasteiger partial charge in [0, 0.05) is 13.1 Å². The zero-order chi connectivity index (χ0) is 19.1. The van der Waals surface area contributed by atoms with E-state index in [1.54, 1.807) is 21.3 Å². The van der Waals surface area contributed by atoms with Gasteiger partial charge in [0.1, 0.15) is 11.3 Å². The molecule has 0 atom stereocenters. The number of rotatable bonds is 4. The first-order valence-corrected chi connectivity index (χ1v) is 8.94. The van der Waals surface area contributed by atoms with Crippen LogP contribution in [0.25, 0.3) is 5.57 Å². The molecule has 0 bridgehead atoms. The summed E-state index contributed by atoms with van der Waals surface area (Å²) in [6.45, 7) is 7.55. The van der Waals surface area contributed by atoms with Crippen LogP contribution < -0.4 is 0 Å². The van der Waals surface area contributed by atoms with Crippen molar-refractivity contribution in [3.8, 4) is 0 Å². The van der Waals surface area contributed by atoms with Gasteiger partial charge in [-0.3, -0.25) is 9.63 Å². The summed E-state index contributed by atoms with van der Waals surface area (Å²) in [5.41, 5.74) is 4.31. The van der Waals surface area contributed by atoms with E-state index in [0.29, 0.717) is 37.3 Å². The van der Waals surface area contributed by atoms with Gasteiger partial charge in [0.25, 0.3) is 5.91 Å². The van der Waals surface area contributed by atoms with E-state index in [1.807, 2.05) is 18.9 Å². The number of hydroxylamine groups is 4. The second-order valence-electron chi connectivity index (χ2n) is 7.11. The molecule has 1 aromatic rings. The highest BCUT2D eigenvalue weighted by molar-refractivity contribution is 6.23. The molecule has 0 saturated carbocycles. The highest BCUT2D eigenvalue weighted by atomic mass is 16.7. The number of ether oxygens (including phenoxy) is 1. The van der Waals surface area contributed by atoms with E-state index in [0.717, 1.165) is 16.7 Å². The highest BCUT2D eigenvalue weighted by Gasteiger charge is 2.55. The van der Waals surface area contributed by atoms with E-state index in [1.165, 1.54) is 10.6 Å². The number of benzene rings is 1. The number of nitrogens with zero attached hydrogens (tertiary/aromatic N) is 2. The lowest BCUT2D eigenvalue weighted by atomic mass is 9.84. The van der Waals surface area contributed by atoms with E-state index in [9.17, 15) is 4.79 Å². The molecule has 1 amide bonds. The summed E-state index contributed by atoms with van der Waals surface area (Å²) in [6.07, 6.45) is 1.38. The fraction of sp³-hybridized carbons (Fsp3) is 0.550. The van der Waals surface area contributed by atoms with Crippen LogP contribution >= 0.6 is 0 Å². The summed E-state index contributed by atoms with van der Waals surface area (Å²) in [5.74, 6) is 0.570. The summed E-state index contributed by atoms with van der Waals surface area (Å²) in [4.78, 5) is 24.3. The van der Waals surface area contributed by atoms with Gasteiger partial charge in [-0.2, -0.15) is 5.06 Å². The Morgan fingerprint density at radius 3 is 2.00 bits per heavy atom. The van der Waals surface area contributed by atoms with Crippen LogP contribution in [0.15, 0.2) is 17.9 Å². The maximum Gasteiger partial charge on any atom is 0.282 e. The Balaban J connectivity index is 2.17. The Labute approximate surface area is 155 Å². The molecule has 3 rings (SSSR count). The maximum atomic E-state index is 13.3. The minimum absolute atomic E-state index is 0.134. The van der Waals surface area contributed by atoms with Crippen molar-refractivity contribution in [1.29, 1.82) is 0 Å². The summed E-state index contributed by atoms with van der Waals surface area (Å²) in [6, 6.07) is 4.21. The molecule has 1 aromatic carbocycles. The van der Waals surface area contributed by atoms with Crippen molar-refractivity contribution in [3.63, 3.8) is 0 Å². The third-order valence-corrected chi connectivity index (χ3v) is 5.56. The molecule has 6 heteroatoms. The van der Waals surface area contributed by atoms with Crippen LogP contribution in [0.2, 0.25) is 0 Å². The Morgan fingerprint density at radius 1 is 0.962 bits per heavy atom. The van der Waals surface area contributed by atoms with Gasteiger partial charge in [-0.1, -0.05) is 17.7 Å². The molecule has 0 unspecified atom stereocenters. The zero-order valence-electron chi connectivity index (χ0n) is 16.5. The van der Waals surface area contributed by atoms with E-state index in [-0.39, 0.29) is 5.91 Å². The molecule has 0 aliphatic carbocycles. The van der Waals surface area contributed by atoms with E-state index in [2.05, 4.69) is 19.1 Å². The van der Waals surface area contributed by atoms with Crippen LogP contribution in [-0.4, -0.2) is 56.0 Å². The monoisotopic (exact) mass is 360 g/mol. The van der Waals surface area contributed by atoms with Crippen LogP contribution in [0.3, 0.4) is 0 Å². The van der Waals surface area contributed by atoms with Crippen molar-refractivity contribution in [2.24, 2.45) is 0 Å². The highest BCUT2D eigenvalue weighted by Crippen LogP contribution is 2.47. The average molecular weight is 360 g/mol. The first-order valence-electron chi connectivity index (χ1n) is 8.94. The molecule has 1 saturated heterocycles. The van der Waals surface area contributed by atoms with Gasteiger partial charge in [0.15, 0.2) is 0 Å². The van der Waals surface area contributed by atoms with Gasteiger partial charge in [0.2, 0.25) is 0 Å². The summed E-state index contributed by atoms with van der Waals surface area (Å²) < 4.78 is 5.86. The predicted octanol–water partition coefficient (Wildman–Crippen LogP) is 2.77. The second kappa shape index (κ2) is 7.02. The topological polar surface area (TPSA) is 51.2 Å². The Hall–Kier alpha value is -1.89. The van der Waals surface area contributed by atoms with Gasteiger partial charge in [-0.05, 0) is 50.3 Å². The first kappa shape index (κ1) is 18.9. The smallest absolute Gasteiger partial charge is 0.282 e. The van der Waals surface area contributed by atoms with Gasteiger partial charge < -0.3 is 9.57 Å². The van der Waals surface area contributed by atoms with Crippen LogP contribution in [0.5, 0.6) is 0 Å². The number of aryl methyl sites for hydroxylation is 3. The molecule has 26 heavy (non-hydrogen) atoms. The molecule has 6 nitrogen and oxygen atoms in total. The van der Waals surface area contributed by atoms with Crippen LogP contribution in [0.1, 0.15) is 35.1 Å². The molecular weight excluding hydrogens is 332 g/mol. The minimum atomic E-state index is -0.589. The number of amides is 1. The number of carbonyl (C=O) groups excluding carboxylic acids is 1. The van der Waals surface area contributed by atoms with Crippen molar-refractivity contribution in [3.05, 3.63) is 40.1 Å². The normalized spacial score (nSPS) is 20.4. The summed E-state index contributed by atoms with van der Waals surface area (Å²) in [5, 5.41) is 3.41. The first-order chi connectivity index (χ1) is 12.4. The zero-order valence-corrected chi connectivity index (χ0v) is 16.5. The SMILES string of the molecule is COC1=C(c2c(C)cc(C)cc2C)C(=O)N(OC)C12CCN(OC)CC2. The standard InChI is InChI=1S/C20H28N2O4/c1-13-11-14(2)16(15(3)12-13)17-18(24-4)20(22(26-6)19(17)23)7-9-21(25-5)10-8-20/h11-12H,7-10H2,1-6H3. The molecule has 142 valence electrons. The Morgan fingerprint density at radius 2 is 1.54 bits per heavy atom. The largest absolute Gasteiger partial charge is 0.498 e. The van der Waals surface area contributed by atoms with Crippen LogP contribution in [0.4, 0.5) is 0 Å². The van der Waals surface area contributed by atoms with Crippen molar-refractivity contribution >= 4 is 11.5 Å². The number of hydrogen-bond donors (Lipinski definition) is 0. The van der Waals surface area contributed by atoms with Gasteiger partial charge in [0.05, 0.1) is 26.9 Å². The van der Waals surface area contributed by atoms with Crippen molar-refractivity contribution in [1.82, 2.24) is 10.1 Å². The predicted molar refractivity (Wildman–Crippen MR) is 99.0 cm³/mol. The number of methoxy groups -OCH3 is 1. The van der Waals surface area contributed by atoms with Crippen molar-refractivity contribution in [2.45, 2.75) is 39.2 Å². The Bertz CT molecular complexity index is 725. The molecular formula is C20H28N2O4. The third-order valence-electron chi connectivity index (χ3n) is 5.56. The molecule has 2 aliphatic rings. The second-order valence-corrected chi connectivity index (χ2v) is 7.11. The summed E-state index contributed by atoms with van der Waals surface area (Å²) >= 11 is 0. The summed E-state index contributed by atoms with van der Waals surface area (Å²) in [7, 11) is 4.86. The molecule has 0 aromatic heterocycles. The average Bonchev–Trinajstić information content (AvgIpc) is 2.82. The number of piperidine rings is 1. The minimum Gasteiger partial charge on any atom is -0.498 e. The van der Waals surface area contributed by atoms with E-state index < -0.39 is 5.54 Å². The number of carbonyl (C=O) groups is 1. The molecule has 1 spiro atoms. The van der Waals surface area contributed by atoms with Crippen molar-refractivity contribution in [2.75, 3.05) is 34.4 Å². The number of hydrogen-bond acceptors (Lipinski definition) is 5. The van der Waals surface area contributed by atoms with Crippen LogP contribution in [0, 0.1) is 20.8 Å². The molecule has 2 aliphatic heterocycles. The van der Waals surface area contributed by atoms with E-state index in [4.69, 9.17) is 14.4 Å².